The number of benzene rings is 8. The summed E-state index contributed by atoms with van der Waals surface area (Å²) in [6.07, 6.45) is 42.4. The summed E-state index contributed by atoms with van der Waals surface area (Å²) in [4.78, 5) is 21.6. The van der Waals surface area contributed by atoms with Gasteiger partial charge in [-0.15, -0.1) is 0 Å². The summed E-state index contributed by atoms with van der Waals surface area (Å²) < 4.78 is 19.7. The Morgan fingerprint density at radius 3 is 0.939 bits per heavy atom. The Hall–Kier alpha value is -11.8. The molecule has 12 nitrogen and oxygen atoms in total. The van der Waals surface area contributed by atoms with E-state index >= 15 is 0 Å². The molecule has 0 atom stereocenters. The molecular formula is C120H128N12+4. The minimum Gasteiger partial charge on any atom is -0.251 e. The predicted molar refractivity (Wildman–Crippen MR) is 544 cm³/mol. The maximum Gasteiger partial charge on any atom is 0.297 e. The van der Waals surface area contributed by atoms with Gasteiger partial charge in [-0.3, -0.25) is 19.9 Å². The summed E-state index contributed by atoms with van der Waals surface area (Å²) >= 11 is 0. The largest absolute Gasteiger partial charge is 0.297 e. The van der Waals surface area contributed by atoms with Crippen LogP contribution in [0.3, 0.4) is 0 Å². The number of hydrogen-bond acceptors (Lipinski definition) is 4. The highest BCUT2D eigenvalue weighted by Crippen LogP contribution is 2.49. The van der Waals surface area contributed by atoms with Crippen molar-refractivity contribution in [1.82, 2.24) is 37.5 Å². The van der Waals surface area contributed by atoms with E-state index in [2.05, 4.69) is 286 Å². The van der Waals surface area contributed by atoms with Crippen molar-refractivity contribution in [2.75, 3.05) is 0 Å². The molecule has 8 saturated carbocycles. The second-order valence-electron chi connectivity index (χ2n) is 42.1. The van der Waals surface area contributed by atoms with Gasteiger partial charge in [0.05, 0.1) is 71.8 Å². The number of fused-ring (bicyclic) bond motifs is 32. The van der Waals surface area contributed by atoms with Crippen molar-refractivity contribution in [3.63, 3.8) is 0 Å². The van der Waals surface area contributed by atoms with Gasteiger partial charge in [-0.2, -0.15) is 17.6 Å². The molecule has 0 saturated heterocycles. The van der Waals surface area contributed by atoms with E-state index in [-0.39, 0.29) is 0 Å². The van der Waals surface area contributed by atoms with Gasteiger partial charge in [-0.05, 0) is 297 Å². The summed E-state index contributed by atoms with van der Waals surface area (Å²) in [5.41, 5.74) is 42.3. The summed E-state index contributed by atoms with van der Waals surface area (Å²) in [5.74, 6) is 5.23. The van der Waals surface area contributed by atoms with E-state index in [4.69, 9.17) is 19.9 Å². The summed E-state index contributed by atoms with van der Waals surface area (Å²) in [6.45, 7) is 9.18. The Morgan fingerprint density at radius 1 is 0.227 bits per heavy atom. The molecular weight excluding hydrogens is 1610 g/mol. The number of para-hydroxylation sites is 8. The Labute approximate surface area is 774 Å². The maximum absolute atomic E-state index is 5.45. The van der Waals surface area contributed by atoms with Crippen molar-refractivity contribution in [1.29, 1.82) is 0 Å². The van der Waals surface area contributed by atoms with Gasteiger partial charge < -0.3 is 0 Å². The molecule has 28 rings (SSSR count). The van der Waals surface area contributed by atoms with Crippen molar-refractivity contribution in [2.24, 2.45) is 28.2 Å². The quantitative estimate of drug-likeness (QED) is 0.112. The van der Waals surface area contributed by atoms with Gasteiger partial charge in [0.2, 0.25) is 0 Å². The van der Waals surface area contributed by atoms with Crippen LogP contribution in [0.1, 0.15) is 320 Å². The van der Waals surface area contributed by atoms with E-state index in [9.17, 15) is 0 Å². The first kappa shape index (κ1) is 82.2. The molecule has 8 fully saturated rings. The highest BCUT2D eigenvalue weighted by atomic mass is 15.1. The monoisotopic (exact) mass is 1740 g/mol. The Kier molecular flexibility index (Phi) is 20.6. The first-order chi connectivity index (χ1) is 64.8. The number of pyridine rings is 8. The Morgan fingerprint density at radius 2 is 0.508 bits per heavy atom. The molecule has 664 valence electrons. The Bertz CT molecular complexity index is 8040. The van der Waals surface area contributed by atoms with E-state index in [1.165, 1.54) is 427 Å². The van der Waals surface area contributed by atoms with Gasteiger partial charge in [0, 0.05) is 79.1 Å². The van der Waals surface area contributed by atoms with Gasteiger partial charge in [0.25, 0.3) is 22.6 Å². The Balaban J connectivity index is 0.0000000945. The second kappa shape index (κ2) is 33.2. The fourth-order valence-corrected chi connectivity index (χ4v) is 27.8. The van der Waals surface area contributed by atoms with Crippen LogP contribution < -0.4 is 18.3 Å². The molecule has 0 radical (unpaired) electrons. The van der Waals surface area contributed by atoms with Crippen molar-refractivity contribution in [2.45, 2.75) is 281 Å². The highest BCUT2D eigenvalue weighted by molar-refractivity contribution is 6.16. The van der Waals surface area contributed by atoms with E-state index in [0.717, 1.165) is 0 Å². The molecule has 12 heterocycles. The van der Waals surface area contributed by atoms with Crippen LogP contribution in [0, 0.1) is 27.7 Å². The normalized spacial score (nSPS) is 18.0. The lowest BCUT2D eigenvalue weighted by atomic mass is 9.93. The van der Waals surface area contributed by atoms with Crippen LogP contribution in [0.15, 0.2) is 194 Å². The lowest BCUT2D eigenvalue weighted by molar-refractivity contribution is -0.617. The molecule has 0 aliphatic heterocycles. The maximum atomic E-state index is 5.45. The topological polar surface area (TPSA) is 84.7 Å². The standard InChI is InChI=1S/4C30H32N3/c1-19-18-24(21-12-5-6-13-21)31-28-23-15-9-14-22(20-10-3-4-11-20)29(23)33-26-17-8-7-16-25(26)32(2)30(33)27(19)28;1-19-18-24(21-12-5-6-13-21)31-28-23-14-7-8-16-25(23)33-29-22(20-10-3-4-11-20)15-9-17-26(29)32(2)30(33)27(19)28;1-19-17-24(21-11-5-6-12-21)31-29-23-16-15-22(20-9-3-4-10-20)18-27(23)33-26-14-8-7-13-25(26)32(2)30(33)28(19)29;1-19-17-24(21-11-5-6-12-21)31-29-23-13-7-8-14-25(23)33-27-18-22(20-9-3-4-10-20)15-16-26(27)32(2)30(33)28(19)29/h2*7-9,14-18,20-21H,3-6,10-13H2,1-2H3;2*7-8,13-18,20-21H,3-6,9-12H2,1-2H3/q4*+1. The van der Waals surface area contributed by atoms with E-state index in [1.54, 1.807) is 0 Å². The summed E-state index contributed by atoms with van der Waals surface area (Å²) in [7, 11) is 8.92. The first-order valence-electron chi connectivity index (χ1n) is 51.5. The first-order valence-corrected chi connectivity index (χ1v) is 51.5. The van der Waals surface area contributed by atoms with Gasteiger partial charge in [0.1, 0.15) is 22.1 Å². The predicted octanol–water partition coefficient (Wildman–Crippen LogP) is 29.0. The van der Waals surface area contributed by atoms with Gasteiger partial charge in [0.15, 0.2) is 44.1 Å². The lowest BCUT2D eigenvalue weighted by Gasteiger charge is -2.16. The summed E-state index contributed by atoms with van der Waals surface area (Å²) in [5, 5.41) is 10.4. The SMILES string of the molecule is Cc1cc(C2CCCC2)nc2c3ccc(C4CCCC4)cc3n3c4ccccc4[n+](C)c3c12.Cc1cc(C2CCCC2)nc2c3cccc(C4CCCC4)c3n3c4ccccc4[n+](C)c3c12.Cc1cc(C2CCCC2)nc2c3ccccc3n3c4c(C5CCCC5)cccc4[n+](C)c3c12.Cc1cc(C2CCCC2)nc2c3ccccc3n3c4cc(C5CCCC5)ccc4[n+](C)c3c12. The molecule has 0 spiro atoms. The van der Waals surface area contributed by atoms with Crippen LogP contribution in [0.5, 0.6) is 0 Å². The number of nitrogens with zero attached hydrogens (tertiary/aromatic N) is 12. The number of aryl methyl sites for hydroxylation is 8. The van der Waals surface area contributed by atoms with Crippen LogP contribution in [0.2, 0.25) is 0 Å². The zero-order chi connectivity index (χ0) is 88.4. The second-order valence-corrected chi connectivity index (χ2v) is 42.1. The molecule has 8 aliphatic rings. The van der Waals surface area contributed by atoms with Gasteiger partial charge >= 0.3 is 0 Å². The number of rotatable bonds is 8. The molecule has 20 aromatic rings. The van der Waals surface area contributed by atoms with Crippen molar-refractivity contribution in [3.05, 3.63) is 261 Å². The number of aromatic nitrogens is 12. The van der Waals surface area contributed by atoms with Crippen LogP contribution in [-0.2, 0) is 28.2 Å². The summed E-state index contributed by atoms with van der Waals surface area (Å²) in [6, 6.07) is 73.6. The number of imidazole rings is 4. The van der Waals surface area contributed by atoms with E-state index in [1.807, 2.05) is 0 Å². The van der Waals surface area contributed by atoms with Crippen LogP contribution >= 0.6 is 0 Å². The molecule has 0 N–H and O–H groups in total. The molecule has 12 aromatic heterocycles. The third kappa shape index (κ3) is 13.2. The molecule has 132 heavy (non-hydrogen) atoms. The third-order valence-corrected chi connectivity index (χ3v) is 34.4. The highest BCUT2D eigenvalue weighted by Gasteiger charge is 2.38. The average molecular weight is 1740 g/mol. The van der Waals surface area contributed by atoms with Gasteiger partial charge in [-0.1, -0.05) is 188 Å². The lowest BCUT2D eigenvalue weighted by Crippen LogP contribution is -2.27. The zero-order valence-corrected chi connectivity index (χ0v) is 79.1. The van der Waals surface area contributed by atoms with Gasteiger partial charge in [-0.25, -0.2) is 18.3 Å². The molecule has 8 aromatic carbocycles. The fraction of sp³-hybridized carbons (Fsp3) is 0.400. The number of hydrogen-bond donors (Lipinski definition) is 0. The van der Waals surface area contributed by atoms with Crippen molar-refractivity contribution >= 4 is 154 Å². The van der Waals surface area contributed by atoms with E-state index in [0.29, 0.717) is 47.3 Å². The molecule has 0 unspecified atom stereocenters. The fourth-order valence-electron chi connectivity index (χ4n) is 27.8. The smallest absolute Gasteiger partial charge is 0.251 e. The van der Waals surface area contributed by atoms with Crippen LogP contribution in [-0.4, -0.2) is 37.5 Å². The molecule has 0 amide bonds. The zero-order valence-electron chi connectivity index (χ0n) is 79.1. The molecule has 0 bridgehead atoms. The van der Waals surface area contributed by atoms with E-state index < -0.39 is 0 Å². The minimum absolute atomic E-state index is 0.622. The van der Waals surface area contributed by atoms with Crippen molar-refractivity contribution < 1.29 is 18.3 Å². The van der Waals surface area contributed by atoms with Crippen LogP contribution in [0.25, 0.3) is 154 Å². The molecule has 12 heteroatoms. The molecule has 8 aliphatic carbocycles. The van der Waals surface area contributed by atoms with Crippen molar-refractivity contribution in [3.8, 4) is 0 Å². The third-order valence-electron chi connectivity index (χ3n) is 34.4. The minimum atomic E-state index is 0.622. The van der Waals surface area contributed by atoms with Crippen LogP contribution in [0.4, 0.5) is 0 Å². The average Bonchev–Trinajstić information content (AvgIpc) is 1.51.